The van der Waals surface area contributed by atoms with E-state index in [0.29, 0.717) is 18.4 Å². The molecular formula is C16H28N4O. The highest BCUT2D eigenvalue weighted by atomic mass is 16.3. The molecule has 1 fully saturated rings. The summed E-state index contributed by atoms with van der Waals surface area (Å²) in [7, 11) is 0. The highest BCUT2D eigenvalue weighted by molar-refractivity contribution is 5.57. The molecule has 0 aromatic carbocycles. The van der Waals surface area contributed by atoms with E-state index in [0.717, 1.165) is 36.0 Å². The Kier molecular flexibility index (Phi) is 5.39. The zero-order valence-corrected chi connectivity index (χ0v) is 13.6. The van der Waals surface area contributed by atoms with Crippen LogP contribution in [0.2, 0.25) is 0 Å². The Morgan fingerprint density at radius 3 is 2.33 bits per heavy atom. The summed E-state index contributed by atoms with van der Waals surface area (Å²) < 4.78 is 0. The van der Waals surface area contributed by atoms with Crippen LogP contribution < -0.4 is 10.6 Å². The summed E-state index contributed by atoms with van der Waals surface area (Å²) in [5, 5.41) is 16.6. The van der Waals surface area contributed by atoms with Gasteiger partial charge in [0.2, 0.25) is 0 Å². The Bertz CT molecular complexity index is 472. The minimum absolute atomic E-state index is 0.341. The fraction of sp³-hybridized carbons (Fsp3) is 0.750. The molecule has 0 bridgehead atoms. The van der Waals surface area contributed by atoms with Crippen molar-refractivity contribution < 1.29 is 5.11 Å². The lowest BCUT2D eigenvalue weighted by atomic mass is 10.1. The van der Waals surface area contributed by atoms with Crippen molar-refractivity contribution in [3.8, 4) is 0 Å². The van der Waals surface area contributed by atoms with Gasteiger partial charge in [0.05, 0.1) is 6.10 Å². The second-order valence-electron chi connectivity index (χ2n) is 6.37. The Balaban J connectivity index is 2.09. The Morgan fingerprint density at radius 1 is 1.19 bits per heavy atom. The van der Waals surface area contributed by atoms with Gasteiger partial charge in [0.15, 0.2) is 0 Å². The fourth-order valence-corrected chi connectivity index (χ4v) is 2.41. The topological polar surface area (TPSA) is 70.1 Å². The first-order valence-electron chi connectivity index (χ1n) is 8.05. The average molecular weight is 292 g/mol. The van der Waals surface area contributed by atoms with Crippen LogP contribution in [-0.2, 0) is 0 Å². The number of nitrogens with one attached hydrogen (secondary N) is 2. The van der Waals surface area contributed by atoms with Crippen LogP contribution in [0.25, 0.3) is 0 Å². The van der Waals surface area contributed by atoms with E-state index < -0.39 is 0 Å². The molecule has 0 amide bonds. The molecule has 1 unspecified atom stereocenters. The van der Waals surface area contributed by atoms with Gasteiger partial charge in [-0.1, -0.05) is 13.8 Å². The average Bonchev–Trinajstić information content (AvgIpc) is 3.23. The quantitative estimate of drug-likeness (QED) is 0.687. The third-order valence-corrected chi connectivity index (χ3v) is 3.70. The van der Waals surface area contributed by atoms with Crippen LogP contribution in [0.15, 0.2) is 0 Å². The van der Waals surface area contributed by atoms with E-state index in [2.05, 4.69) is 41.4 Å². The summed E-state index contributed by atoms with van der Waals surface area (Å²) in [6.45, 7) is 9.70. The Labute approximate surface area is 127 Å². The molecule has 5 nitrogen and oxygen atoms in total. The van der Waals surface area contributed by atoms with Crippen molar-refractivity contribution in [2.24, 2.45) is 5.92 Å². The van der Waals surface area contributed by atoms with Crippen LogP contribution in [0.3, 0.4) is 0 Å². The monoisotopic (exact) mass is 292 g/mol. The van der Waals surface area contributed by atoms with E-state index in [1.165, 1.54) is 12.8 Å². The molecule has 0 radical (unpaired) electrons. The van der Waals surface area contributed by atoms with E-state index in [1.807, 2.05) is 6.92 Å². The van der Waals surface area contributed by atoms with Gasteiger partial charge in [-0.25, -0.2) is 9.97 Å². The van der Waals surface area contributed by atoms with Crippen LogP contribution in [0.1, 0.15) is 57.3 Å². The number of nitrogens with zero attached hydrogens (tertiary/aromatic N) is 2. The maximum absolute atomic E-state index is 10.0. The molecule has 1 atom stereocenters. The van der Waals surface area contributed by atoms with Crippen LogP contribution in [0.4, 0.5) is 11.6 Å². The third-order valence-electron chi connectivity index (χ3n) is 3.70. The molecule has 1 aromatic heterocycles. The molecule has 0 saturated heterocycles. The lowest BCUT2D eigenvalue weighted by Crippen LogP contribution is -2.22. The summed E-state index contributed by atoms with van der Waals surface area (Å²) >= 11 is 0. The molecule has 1 aliphatic rings. The zero-order valence-electron chi connectivity index (χ0n) is 13.6. The number of aliphatic hydroxyl groups excluding tert-OH is 1. The number of anilines is 2. The SMILES string of the molecule is CCNc1nc(C2CC2)nc(NCC(O)CC(C)C)c1C. The smallest absolute Gasteiger partial charge is 0.136 e. The van der Waals surface area contributed by atoms with Gasteiger partial charge in [-0.3, -0.25) is 0 Å². The van der Waals surface area contributed by atoms with Crippen molar-refractivity contribution in [1.29, 1.82) is 0 Å². The molecule has 2 rings (SSSR count). The predicted molar refractivity (Wildman–Crippen MR) is 86.9 cm³/mol. The maximum Gasteiger partial charge on any atom is 0.136 e. The molecule has 1 aliphatic carbocycles. The molecule has 0 spiro atoms. The normalized spacial score (nSPS) is 16.1. The van der Waals surface area contributed by atoms with Crippen molar-refractivity contribution in [3.63, 3.8) is 0 Å². The lowest BCUT2D eigenvalue weighted by Gasteiger charge is -2.17. The van der Waals surface area contributed by atoms with E-state index in [1.54, 1.807) is 0 Å². The van der Waals surface area contributed by atoms with Crippen molar-refractivity contribution in [2.45, 2.75) is 59.0 Å². The summed E-state index contributed by atoms with van der Waals surface area (Å²) in [5.74, 6) is 3.70. The van der Waals surface area contributed by atoms with E-state index in [9.17, 15) is 5.11 Å². The first-order chi connectivity index (χ1) is 10.0. The summed E-state index contributed by atoms with van der Waals surface area (Å²) in [4.78, 5) is 9.29. The molecule has 1 aromatic rings. The highest BCUT2D eigenvalue weighted by Crippen LogP contribution is 2.39. The van der Waals surface area contributed by atoms with Gasteiger partial charge in [-0.15, -0.1) is 0 Å². The van der Waals surface area contributed by atoms with Crippen molar-refractivity contribution in [1.82, 2.24) is 9.97 Å². The number of aliphatic hydroxyl groups is 1. The molecule has 118 valence electrons. The summed E-state index contributed by atoms with van der Waals surface area (Å²) in [5.41, 5.74) is 1.03. The van der Waals surface area contributed by atoms with Crippen LogP contribution in [0.5, 0.6) is 0 Å². The number of aromatic nitrogens is 2. The predicted octanol–water partition coefficient (Wildman–Crippen LogP) is 2.91. The first-order valence-corrected chi connectivity index (χ1v) is 8.05. The Morgan fingerprint density at radius 2 is 1.81 bits per heavy atom. The van der Waals surface area contributed by atoms with E-state index >= 15 is 0 Å². The third kappa shape index (κ3) is 4.56. The Hall–Kier alpha value is -1.36. The van der Waals surface area contributed by atoms with Crippen molar-refractivity contribution >= 4 is 11.6 Å². The van der Waals surface area contributed by atoms with Crippen molar-refractivity contribution in [2.75, 3.05) is 23.7 Å². The standard InChI is InChI=1S/C16H28N4O/c1-5-17-14-11(4)15(18-9-13(21)8-10(2)3)20-16(19-14)12-6-7-12/h10,12-13,21H,5-9H2,1-4H3,(H2,17,18,19,20). The first kappa shape index (κ1) is 16.0. The minimum atomic E-state index is -0.341. The van der Waals surface area contributed by atoms with Gasteiger partial charge in [0.1, 0.15) is 17.5 Å². The summed E-state index contributed by atoms with van der Waals surface area (Å²) in [6.07, 6.45) is 2.83. The van der Waals surface area contributed by atoms with Gasteiger partial charge < -0.3 is 15.7 Å². The molecule has 0 aliphatic heterocycles. The van der Waals surface area contributed by atoms with Crippen molar-refractivity contribution in [3.05, 3.63) is 11.4 Å². The van der Waals surface area contributed by atoms with Gasteiger partial charge in [-0.2, -0.15) is 0 Å². The molecule has 21 heavy (non-hydrogen) atoms. The number of hydrogen-bond acceptors (Lipinski definition) is 5. The second kappa shape index (κ2) is 7.07. The number of rotatable bonds is 8. The fourth-order valence-electron chi connectivity index (χ4n) is 2.41. The second-order valence-corrected chi connectivity index (χ2v) is 6.37. The van der Waals surface area contributed by atoms with Crippen LogP contribution >= 0.6 is 0 Å². The summed E-state index contributed by atoms with van der Waals surface area (Å²) in [6, 6.07) is 0. The molecule has 5 heteroatoms. The van der Waals surface area contributed by atoms with Gasteiger partial charge in [0, 0.05) is 24.6 Å². The minimum Gasteiger partial charge on any atom is -0.391 e. The van der Waals surface area contributed by atoms with Gasteiger partial charge in [0.25, 0.3) is 0 Å². The number of hydrogen-bond donors (Lipinski definition) is 3. The lowest BCUT2D eigenvalue weighted by molar-refractivity contribution is 0.161. The zero-order chi connectivity index (χ0) is 15.4. The molecule has 3 N–H and O–H groups in total. The van der Waals surface area contributed by atoms with Crippen LogP contribution in [-0.4, -0.2) is 34.3 Å². The molecule has 1 saturated carbocycles. The molecular weight excluding hydrogens is 264 g/mol. The largest absolute Gasteiger partial charge is 0.391 e. The van der Waals surface area contributed by atoms with E-state index in [-0.39, 0.29) is 6.10 Å². The highest BCUT2D eigenvalue weighted by Gasteiger charge is 2.28. The van der Waals surface area contributed by atoms with E-state index in [4.69, 9.17) is 0 Å². The van der Waals surface area contributed by atoms with Gasteiger partial charge >= 0.3 is 0 Å². The van der Waals surface area contributed by atoms with Gasteiger partial charge in [-0.05, 0) is 39.0 Å². The molecule has 1 heterocycles. The van der Waals surface area contributed by atoms with Crippen LogP contribution in [0, 0.1) is 12.8 Å². The maximum atomic E-state index is 10.0.